The van der Waals surface area contributed by atoms with Crippen molar-refractivity contribution in [2.75, 3.05) is 7.11 Å². The Morgan fingerprint density at radius 1 is 1.12 bits per heavy atom. The maximum absolute atomic E-state index is 13.8. The highest BCUT2D eigenvalue weighted by Crippen LogP contribution is 2.36. The van der Waals surface area contributed by atoms with Crippen LogP contribution in [0.4, 0.5) is 8.78 Å². The lowest BCUT2D eigenvalue weighted by molar-refractivity contribution is 0.349. The molecular formula is C19H19ClF2N2O. The van der Waals surface area contributed by atoms with Crippen LogP contribution >= 0.6 is 11.6 Å². The van der Waals surface area contributed by atoms with Crippen molar-refractivity contribution in [3.8, 4) is 17.1 Å². The molecule has 3 nitrogen and oxygen atoms in total. The topological polar surface area (TPSA) is 27.1 Å². The average molecular weight is 365 g/mol. The van der Waals surface area contributed by atoms with Gasteiger partial charge in [0, 0.05) is 23.7 Å². The quantitative estimate of drug-likeness (QED) is 0.597. The lowest BCUT2D eigenvalue weighted by atomic mass is 9.96. The minimum Gasteiger partial charge on any atom is -0.496 e. The number of aromatic nitrogens is 2. The molecule has 3 rings (SSSR count). The summed E-state index contributed by atoms with van der Waals surface area (Å²) in [5.74, 6) is -0.665. The van der Waals surface area contributed by atoms with Crippen molar-refractivity contribution in [3.05, 3.63) is 47.0 Å². The van der Waals surface area contributed by atoms with Crippen LogP contribution in [0.15, 0.2) is 30.3 Å². The molecule has 2 aromatic carbocycles. The summed E-state index contributed by atoms with van der Waals surface area (Å²) >= 11 is 6.04. The van der Waals surface area contributed by atoms with Crippen LogP contribution in [0, 0.1) is 17.0 Å². The summed E-state index contributed by atoms with van der Waals surface area (Å²) in [5.41, 5.74) is 1.57. The first-order valence-corrected chi connectivity index (χ1v) is 8.26. The van der Waals surface area contributed by atoms with Crippen molar-refractivity contribution in [2.24, 2.45) is 5.41 Å². The fourth-order valence-corrected chi connectivity index (χ4v) is 2.97. The summed E-state index contributed by atoms with van der Waals surface area (Å²) in [6, 6.07) is 7.54. The first-order chi connectivity index (χ1) is 11.7. The van der Waals surface area contributed by atoms with Gasteiger partial charge in [-0.3, -0.25) is 0 Å². The molecule has 3 aromatic rings. The normalized spacial score (nSPS) is 12.0. The molecular weight excluding hydrogens is 346 g/mol. The largest absolute Gasteiger partial charge is 0.496 e. The van der Waals surface area contributed by atoms with E-state index >= 15 is 0 Å². The molecule has 0 aliphatic rings. The third-order valence-corrected chi connectivity index (χ3v) is 4.06. The Kier molecular flexibility index (Phi) is 4.45. The summed E-state index contributed by atoms with van der Waals surface area (Å²) in [6.07, 6.45) is 0. The zero-order chi connectivity index (χ0) is 18.4. The molecule has 1 aromatic heterocycles. The lowest BCUT2D eigenvalue weighted by Crippen LogP contribution is -2.16. The van der Waals surface area contributed by atoms with Gasteiger partial charge in [0.1, 0.15) is 11.6 Å². The fourth-order valence-electron chi connectivity index (χ4n) is 2.81. The molecule has 0 bridgehead atoms. The molecule has 0 spiro atoms. The molecule has 0 N–H and O–H groups in total. The van der Waals surface area contributed by atoms with E-state index < -0.39 is 11.6 Å². The van der Waals surface area contributed by atoms with Crippen LogP contribution in [0.2, 0.25) is 5.02 Å². The van der Waals surface area contributed by atoms with Crippen LogP contribution < -0.4 is 4.74 Å². The van der Waals surface area contributed by atoms with E-state index in [9.17, 15) is 8.78 Å². The van der Waals surface area contributed by atoms with E-state index in [4.69, 9.17) is 16.3 Å². The van der Waals surface area contributed by atoms with Crippen molar-refractivity contribution < 1.29 is 13.5 Å². The van der Waals surface area contributed by atoms with Gasteiger partial charge in [-0.05, 0) is 23.6 Å². The van der Waals surface area contributed by atoms with E-state index in [0.29, 0.717) is 39.7 Å². The molecule has 0 fully saturated rings. The second kappa shape index (κ2) is 6.30. The zero-order valence-corrected chi connectivity index (χ0v) is 15.3. The molecule has 0 radical (unpaired) electrons. The number of fused-ring (bicyclic) bond motifs is 1. The monoisotopic (exact) mass is 364 g/mol. The molecule has 25 heavy (non-hydrogen) atoms. The van der Waals surface area contributed by atoms with E-state index in [1.54, 1.807) is 25.3 Å². The summed E-state index contributed by atoms with van der Waals surface area (Å²) in [5, 5.41) is 0.538. The summed E-state index contributed by atoms with van der Waals surface area (Å²) in [4.78, 5) is 4.54. The molecule has 0 saturated carbocycles. The van der Waals surface area contributed by atoms with Crippen molar-refractivity contribution in [1.82, 2.24) is 9.55 Å². The highest BCUT2D eigenvalue weighted by molar-refractivity contribution is 6.30. The molecule has 0 unspecified atom stereocenters. The number of imidazole rings is 1. The van der Waals surface area contributed by atoms with E-state index in [-0.39, 0.29) is 5.41 Å². The number of rotatable bonds is 3. The predicted octanol–water partition coefficient (Wildman–Crippen LogP) is 5.69. The third kappa shape index (κ3) is 3.47. The van der Waals surface area contributed by atoms with Crippen molar-refractivity contribution >= 4 is 22.6 Å². The Labute approximate surface area is 150 Å². The number of hydrogen-bond donors (Lipinski definition) is 0. The molecule has 0 saturated heterocycles. The predicted molar refractivity (Wildman–Crippen MR) is 96.1 cm³/mol. The third-order valence-electron chi connectivity index (χ3n) is 3.83. The zero-order valence-electron chi connectivity index (χ0n) is 14.5. The van der Waals surface area contributed by atoms with Gasteiger partial charge in [0.2, 0.25) is 0 Å². The highest BCUT2D eigenvalue weighted by Gasteiger charge is 2.22. The minimum absolute atomic E-state index is 0.0904. The van der Waals surface area contributed by atoms with Crippen LogP contribution in [-0.4, -0.2) is 16.7 Å². The van der Waals surface area contributed by atoms with E-state index in [1.807, 2.05) is 4.57 Å². The molecule has 6 heteroatoms. The van der Waals surface area contributed by atoms with Gasteiger partial charge in [-0.1, -0.05) is 32.4 Å². The first-order valence-electron chi connectivity index (χ1n) is 7.89. The lowest BCUT2D eigenvalue weighted by Gasteiger charge is -2.22. The Morgan fingerprint density at radius 2 is 1.80 bits per heavy atom. The van der Waals surface area contributed by atoms with Crippen molar-refractivity contribution in [1.29, 1.82) is 0 Å². The van der Waals surface area contributed by atoms with Gasteiger partial charge in [-0.25, -0.2) is 13.8 Å². The van der Waals surface area contributed by atoms with Crippen molar-refractivity contribution in [2.45, 2.75) is 27.3 Å². The van der Waals surface area contributed by atoms with Crippen LogP contribution in [-0.2, 0) is 6.54 Å². The summed E-state index contributed by atoms with van der Waals surface area (Å²) in [7, 11) is 1.55. The van der Waals surface area contributed by atoms with Gasteiger partial charge < -0.3 is 9.30 Å². The molecule has 0 amide bonds. The molecule has 132 valence electrons. The summed E-state index contributed by atoms with van der Waals surface area (Å²) < 4.78 is 34.8. The molecule has 0 aliphatic heterocycles. The van der Waals surface area contributed by atoms with Crippen LogP contribution in [0.5, 0.6) is 5.75 Å². The molecule has 1 heterocycles. The van der Waals surface area contributed by atoms with E-state index in [1.165, 1.54) is 6.07 Å². The van der Waals surface area contributed by atoms with E-state index in [2.05, 4.69) is 25.8 Å². The molecule has 0 atom stereocenters. The number of benzene rings is 2. The average Bonchev–Trinajstić information content (AvgIpc) is 2.83. The first kappa shape index (κ1) is 17.7. The van der Waals surface area contributed by atoms with Crippen molar-refractivity contribution in [3.63, 3.8) is 0 Å². The second-order valence-electron chi connectivity index (χ2n) is 7.18. The standard InChI is InChI=1S/C19H19ClF2N2O/c1-19(2,3)10-24-16-9-14(22)13(21)8-15(16)23-18(24)12-6-5-11(20)7-17(12)25-4/h5-9H,10H2,1-4H3. The van der Waals surface area contributed by atoms with Gasteiger partial charge >= 0.3 is 0 Å². The number of methoxy groups -OCH3 is 1. The van der Waals surface area contributed by atoms with Gasteiger partial charge in [0.25, 0.3) is 0 Å². The Bertz CT molecular complexity index is 945. The van der Waals surface area contributed by atoms with Gasteiger partial charge in [0.05, 0.1) is 23.7 Å². The highest BCUT2D eigenvalue weighted by atomic mass is 35.5. The van der Waals surface area contributed by atoms with Gasteiger partial charge in [-0.15, -0.1) is 0 Å². The SMILES string of the molecule is COc1cc(Cl)ccc1-c1nc2cc(F)c(F)cc2n1CC(C)(C)C. The maximum atomic E-state index is 13.8. The fraction of sp³-hybridized carbons (Fsp3) is 0.316. The van der Waals surface area contributed by atoms with Gasteiger partial charge in [-0.2, -0.15) is 0 Å². The number of halogens is 3. The Balaban J connectivity index is 2.32. The maximum Gasteiger partial charge on any atom is 0.161 e. The van der Waals surface area contributed by atoms with Crippen LogP contribution in [0.1, 0.15) is 20.8 Å². The minimum atomic E-state index is -0.914. The van der Waals surface area contributed by atoms with Gasteiger partial charge in [0.15, 0.2) is 11.6 Å². The van der Waals surface area contributed by atoms with Crippen LogP contribution in [0.3, 0.4) is 0 Å². The number of ether oxygens (including phenoxy) is 1. The number of hydrogen-bond acceptors (Lipinski definition) is 2. The second-order valence-corrected chi connectivity index (χ2v) is 7.62. The Hall–Kier alpha value is -2.14. The molecule has 0 aliphatic carbocycles. The van der Waals surface area contributed by atoms with E-state index in [0.717, 1.165) is 6.07 Å². The summed E-state index contributed by atoms with van der Waals surface area (Å²) in [6.45, 7) is 6.79. The Morgan fingerprint density at radius 3 is 2.44 bits per heavy atom. The smallest absolute Gasteiger partial charge is 0.161 e. The number of nitrogens with zero attached hydrogens (tertiary/aromatic N) is 2. The van der Waals surface area contributed by atoms with Crippen LogP contribution in [0.25, 0.3) is 22.4 Å².